The SMILES string of the molecule is CCC1CCNC(C(=O)NCC(O)CC(C)C)C1. The molecule has 3 atom stereocenters. The minimum absolute atomic E-state index is 0.0379. The van der Waals surface area contributed by atoms with E-state index >= 15 is 0 Å². The van der Waals surface area contributed by atoms with Gasteiger partial charge in [0.2, 0.25) is 5.91 Å². The zero-order chi connectivity index (χ0) is 13.5. The molecule has 18 heavy (non-hydrogen) atoms. The molecular formula is C14H28N2O2. The molecule has 1 aliphatic heterocycles. The predicted octanol–water partition coefficient (Wildman–Crippen LogP) is 1.29. The number of carbonyl (C=O) groups excluding carboxylic acids is 1. The van der Waals surface area contributed by atoms with Crippen LogP contribution in [0, 0.1) is 11.8 Å². The van der Waals surface area contributed by atoms with Crippen LogP contribution in [0.2, 0.25) is 0 Å². The fourth-order valence-corrected chi connectivity index (χ4v) is 2.54. The summed E-state index contributed by atoms with van der Waals surface area (Å²) in [6.07, 6.45) is 3.52. The van der Waals surface area contributed by atoms with E-state index in [0.29, 0.717) is 18.4 Å². The van der Waals surface area contributed by atoms with Gasteiger partial charge in [0.05, 0.1) is 12.1 Å². The van der Waals surface area contributed by atoms with E-state index in [2.05, 4.69) is 31.4 Å². The fourth-order valence-electron chi connectivity index (χ4n) is 2.54. The summed E-state index contributed by atoms with van der Waals surface area (Å²) in [5.74, 6) is 1.15. The van der Waals surface area contributed by atoms with Crippen molar-refractivity contribution in [1.29, 1.82) is 0 Å². The summed E-state index contributed by atoms with van der Waals surface area (Å²) in [4.78, 5) is 12.0. The lowest BCUT2D eigenvalue weighted by Gasteiger charge is -2.29. The zero-order valence-corrected chi connectivity index (χ0v) is 11.9. The Kier molecular flexibility index (Phi) is 6.65. The molecule has 106 valence electrons. The predicted molar refractivity (Wildman–Crippen MR) is 73.3 cm³/mol. The zero-order valence-electron chi connectivity index (χ0n) is 11.9. The van der Waals surface area contributed by atoms with Crippen molar-refractivity contribution in [3.63, 3.8) is 0 Å². The summed E-state index contributed by atoms with van der Waals surface area (Å²) in [5, 5.41) is 15.8. The standard InChI is InChI=1S/C14H28N2O2/c1-4-11-5-6-15-13(8-11)14(18)16-9-12(17)7-10(2)3/h10-13,15,17H,4-9H2,1-3H3,(H,16,18). The molecule has 3 N–H and O–H groups in total. The van der Waals surface area contributed by atoms with Crippen LogP contribution in [0.5, 0.6) is 0 Å². The molecule has 1 fully saturated rings. The lowest BCUT2D eigenvalue weighted by atomic mass is 9.90. The molecule has 1 amide bonds. The number of hydrogen-bond acceptors (Lipinski definition) is 3. The molecule has 1 aliphatic rings. The number of aliphatic hydroxyl groups excluding tert-OH is 1. The topological polar surface area (TPSA) is 61.4 Å². The van der Waals surface area contributed by atoms with Gasteiger partial charge in [-0.05, 0) is 37.6 Å². The van der Waals surface area contributed by atoms with Gasteiger partial charge in [0.25, 0.3) is 0 Å². The van der Waals surface area contributed by atoms with Gasteiger partial charge in [-0.1, -0.05) is 27.2 Å². The van der Waals surface area contributed by atoms with E-state index in [1.807, 2.05) is 0 Å². The van der Waals surface area contributed by atoms with Crippen LogP contribution in [-0.2, 0) is 4.79 Å². The van der Waals surface area contributed by atoms with Gasteiger partial charge in [0, 0.05) is 6.54 Å². The maximum atomic E-state index is 12.0. The molecular weight excluding hydrogens is 228 g/mol. The van der Waals surface area contributed by atoms with Crippen molar-refractivity contribution in [3.05, 3.63) is 0 Å². The van der Waals surface area contributed by atoms with E-state index in [4.69, 9.17) is 0 Å². The summed E-state index contributed by atoms with van der Waals surface area (Å²) < 4.78 is 0. The lowest BCUT2D eigenvalue weighted by molar-refractivity contribution is -0.124. The molecule has 0 aromatic carbocycles. The van der Waals surface area contributed by atoms with E-state index in [9.17, 15) is 9.90 Å². The van der Waals surface area contributed by atoms with Crippen molar-refractivity contribution in [3.8, 4) is 0 Å². The van der Waals surface area contributed by atoms with Crippen molar-refractivity contribution in [1.82, 2.24) is 10.6 Å². The highest BCUT2D eigenvalue weighted by molar-refractivity contribution is 5.81. The van der Waals surface area contributed by atoms with E-state index in [-0.39, 0.29) is 11.9 Å². The lowest BCUT2D eigenvalue weighted by Crippen LogP contribution is -2.50. The molecule has 0 spiro atoms. The quantitative estimate of drug-likeness (QED) is 0.671. The number of carbonyl (C=O) groups is 1. The molecule has 0 aliphatic carbocycles. The second-order valence-corrected chi connectivity index (χ2v) is 5.83. The van der Waals surface area contributed by atoms with Gasteiger partial charge >= 0.3 is 0 Å². The Hall–Kier alpha value is -0.610. The van der Waals surface area contributed by atoms with Crippen LogP contribution in [0.15, 0.2) is 0 Å². The number of hydrogen-bond donors (Lipinski definition) is 3. The first-order valence-electron chi connectivity index (χ1n) is 7.22. The molecule has 0 radical (unpaired) electrons. The van der Waals surface area contributed by atoms with E-state index < -0.39 is 6.10 Å². The van der Waals surface area contributed by atoms with Crippen LogP contribution in [0.1, 0.15) is 46.5 Å². The first kappa shape index (κ1) is 15.4. The van der Waals surface area contributed by atoms with E-state index in [1.54, 1.807) is 0 Å². The van der Waals surface area contributed by atoms with Crippen molar-refractivity contribution >= 4 is 5.91 Å². The molecule has 3 unspecified atom stereocenters. The smallest absolute Gasteiger partial charge is 0.237 e. The Labute approximate surface area is 111 Å². The highest BCUT2D eigenvalue weighted by atomic mass is 16.3. The van der Waals surface area contributed by atoms with Crippen LogP contribution in [-0.4, -0.2) is 36.2 Å². The van der Waals surface area contributed by atoms with Crippen molar-refractivity contribution in [2.75, 3.05) is 13.1 Å². The molecule has 0 saturated carbocycles. The van der Waals surface area contributed by atoms with Crippen LogP contribution >= 0.6 is 0 Å². The third-order valence-electron chi connectivity index (χ3n) is 3.66. The number of rotatable bonds is 6. The molecule has 0 bridgehead atoms. The maximum absolute atomic E-state index is 12.0. The molecule has 1 heterocycles. The second kappa shape index (κ2) is 7.74. The van der Waals surface area contributed by atoms with Crippen LogP contribution in [0.4, 0.5) is 0 Å². The molecule has 0 aromatic heterocycles. The van der Waals surface area contributed by atoms with E-state index in [0.717, 1.165) is 32.2 Å². The largest absolute Gasteiger partial charge is 0.391 e. The molecule has 1 rings (SSSR count). The molecule has 4 heteroatoms. The average Bonchev–Trinajstić information content (AvgIpc) is 2.35. The Morgan fingerprint density at radius 2 is 2.22 bits per heavy atom. The number of aliphatic hydroxyl groups is 1. The Morgan fingerprint density at radius 3 is 2.83 bits per heavy atom. The minimum atomic E-state index is -0.431. The Morgan fingerprint density at radius 1 is 1.50 bits per heavy atom. The highest BCUT2D eigenvalue weighted by Crippen LogP contribution is 2.19. The first-order chi connectivity index (χ1) is 8.52. The molecule has 4 nitrogen and oxygen atoms in total. The summed E-state index contributed by atoms with van der Waals surface area (Å²) in [5.41, 5.74) is 0. The first-order valence-corrected chi connectivity index (χ1v) is 7.22. The maximum Gasteiger partial charge on any atom is 0.237 e. The number of piperidine rings is 1. The molecule has 1 saturated heterocycles. The Balaban J connectivity index is 2.27. The third kappa shape index (κ3) is 5.36. The van der Waals surface area contributed by atoms with Gasteiger partial charge in [-0.2, -0.15) is 0 Å². The van der Waals surface area contributed by atoms with Gasteiger partial charge in [-0.3, -0.25) is 4.79 Å². The highest BCUT2D eigenvalue weighted by Gasteiger charge is 2.25. The number of amides is 1. The molecule has 0 aromatic rings. The monoisotopic (exact) mass is 256 g/mol. The summed E-state index contributed by atoms with van der Waals surface area (Å²) in [6, 6.07) is -0.0741. The van der Waals surface area contributed by atoms with Gasteiger partial charge in [-0.15, -0.1) is 0 Å². The van der Waals surface area contributed by atoms with Crippen LogP contribution < -0.4 is 10.6 Å². The van der Waals surface area contributed by atoms with Gasteiger partial charge in [-0.25, -0.2) is 0 Å². The summed E-state index contributed by atoms with van der Waals surface area (Å²) >= 11 is 0. The van der Waals surface area contributed by atoms with Gasteiger partial charge < -0.3 is 15.7 Å². The summed E-state index contributed by atoms with van der Waals surface area (Å²) in [7, 11) is 0. The minimum Gasteiger partial charge on any atom is -0.391 e. The van der Waals surface area contributed by atoms with Crippen molar-refractivity contribution in [2.24, 2.45) is 11.8 Å². The van der Waals surface area contributed by atoms with Crippen LogP contribution in [0.3, 0.4) is 0 Å². The summed E-state index contributed by atoms with van der Waals surface area (Å²) in [6.45, 7) is 7.60. The number of nitrogens with one attached hydrogen (secondary N) is 2. The van der Waals surface area contributed by atoms with Crippen molar-refractivity contribution < 1.29 is 9.90 Å². The van der Waals surface area contributed by atoms with Gasteiger partial charge in [0.1, 0.15) is 0 Å². The second-order valence-electron chi connectivity index (χ2n) is 5.83. The third-order valence-corrected chi connectivity index (χ3v) is 3.66. The normalized spacial score (nSPS) is 26.1. The Bertz CT molecular complexity index is 256. The van der Waals surface area contributed by atoms with Crippen molar-refractivity contribution in [2.45, 2.75) is 58.6 Å². The van der Waals surface area contributed by atoms with E-state index in [1.165, 1.54) is 0 Å². The average molecular weight is 256 g/mol. The van der Waals surface area contributed by atoms with Crippen LogP contribution in [0.25, 0.3) is 0 Å². The van der Waals surface area contributed by atoms with Gasteiger partial charge in [0.15, 0.2) is 0 Å². The fraction of sp³-hybridized carbons (Fsp3) is 0.929.